The second-order valence-electron chi connectivity index (χ2n) is 3.54. The summed E-state index contributed by atoms with van der Waals surface area (Å²) in [5, 5.41) is 10.7. The zero-order valence-corrected chi connectivity index (χ0v) is 10.1. The van der Waals surface area contributed by atoms with Crippen LogP contribution in [0.2, 0.25) is 0 Å². The van der Waals surface area contributed by atoms with Crippen molar-refractivity contribution < 1.29 is 4.79 Å². The molecule has 0 aliphatic heterocycles. The second kappa shape index (κ2) is 4.81. The van der Waals surface area contributed by atoms with Crippen molar-refractivity contribution in [3.8, 4) is 6.07 Å². The van der Waals surface area contributed by atoms with Crippen LogP contribution in [0.15, 0.2) is 35.7 Å². The van der Waals surface area contributed by atoms with Crippen LogP contribution in [-0.4, -0.2) is 13.3 Å². The molecule has 0 atom stereocenters. The molecule has 0 aliphatic carbocycles. The molecule has 0 unspecified atom stereocenters. The number of nitrogens with zero attached hydrogens (tertiary/aromatic N) is 2. The third kappa shape index (κ3) is 2.35. The average molecular weight is 242 g/mol. The van der Waals surface area contributed by atoms with Gasteiger partial charge in [-0.05, 0) is 30.3 Å². The molecule has 0 saturated heterocycles. The summed E-state index contributed by atoms with van der Waals surface area (Å²) in [5.41, 5.74) is 2.60. The van der Waals surface area contributed by atoms with E-state index in [4.69, 9.17) is 5.26 Å². The fraction of sp³-hybridized carbons (Fsp3) is 0.0769. The van der Waals surface area contributed by atoms with Gasteiger partial charge >= 0.3 is 0 Å². The van der Waals surface area contributed by atoms with E-state index in [-0.39, 0.29) is 0 Å². The number of thiophene rings is 1. The minimum atomic E-state index is 0.640. The molecular weight excluding hydrogens is 232 g/mol. The van der Waals surface area contributed by atoms with E-state index in [0.717, 1.165) is 17.7 Å². The molecule has 0 aliphatic rings. The van der Waals surface area contributed by atoms with E-state index in [1.54, 1.807) is 12.1 Å². The van der Waals surface area contributed by atoms with E-state index in [2.05, 4.69) is 6.07 Å². The first-order valence-corrected chi connectivity index (χ1v) is 5.90. The lowest BCUT2D eigenvalue weighted by Gasteiger charge is -2.17. The van der Waals surface area contributed by atoms with Gasteiger partial charge in [0.25, 0.3) is 0 Å². The van der Waals surface area contributed by atoms with Gasteiger partial charge < -0.3 is 4.90 Å². The number of benzene rings is 1. The van der Waals surface area contributed by atoms with E-state index >= 15 is 0 Å². The van der Waals surface area contributed by atoms with Crippen molar-refractivity contribution >= 4 is 29.0 Å². The van der Waals surface area contributed by atoms with E-state index in [1.807, 2.05) is 35.5 Å². The molecule has 1 aromatic heterocycles. The van der Waals surface area contributed by atoms with Crippen molar-refractivity contribution in [2.24, 2.45) is 0 Å². The van der Waals surface area contributed by atoms with Crippen LogP contribution >= 0.6 is 11.3 Å². The lowest BCUT2D eigenvalue weighted by molar-refractivity contribution is 0.112. The number of carbonyl (C=O) groups excluding carboxylic acids is 1. The molecule has 2 rings (SSSR count). The van der Waals surface area contributed by atoms with Gasteiger partial charge in [0.15, 0.2) is 6.29 Å². The predicted octanol–water partition coefficient (Wildman–Crippen LogP) is 3.20. The summed E-state index contributed by atoms with van der Waals surface area (Å²) in [6.07, 6.45) is 0.848. The molecule has 0 radical (unpaired) electrons. The van der Waals surface area contributed by atoms with Crippen molar-refractivity contribution in [1.82, 2.24) is 0 Å². The highest BCUT2D eigenvalue weighted by Gasteiger charge is 2.06. The summed E-state index contributed by atoms with van der Waals surface area (Å²) in [5.74, 6) is 0. The lowest BCUT2D eigenvalue weighted by Crippen LogP contribution is -2.07. The third-order valence-electron chi connectivity index (χ3n) is 2.49. The Morgan fingerprint density at radius 1 is 1.29 bits per heavy atom. The van der Waals surface area contributed by atoms with Gasteiger partial charge in [0.05, 0.1) is 22.2 Å². The zero-order valence-electron chi connectivity index (χ0n) is 9.25. The van der Waals surface area contributed by atoms with Crippen LogP contribution in [0.25, 0.3) is 0 Å². The first kappa shape index (κ1) is 11.4. The van der Waals surface area contributed by atoms with E-state index in [1.165, 1.54) is 11.3 Å². The molecule has 0 bridgehead atoms. The van der Waals surface area contributed by atoms with Crippen LogP contribution in [0, 0.1) is 11.3 Å². The Hall–Kier alpha value is -2.12. The fourth-order valence-corrected chi connectivity index (χ4v) is 2.22. The van der Waals surface area contributed by atoms with Crippen molar-refractivity contribution in [2.75, 3.05) is 11.9 Å². The monoisotopic (exact) mass is 242 g/mol. The SMILES string of the molecule is CN(c1ccc(C#N)cc1)c1csc(C=O)c1. The minimum Gasteiger partial charge on any atom is -0.344 e. The van der Waals surface area contributed by atoms with Crippen LogP contribution in [0.5, 0.6) is 0 Å². The van der Waals surface area contributed by atoms with Gasteiger partial charge in [-0.1, -0.05) is 0 Å². The van der Waals surface area contributed by atoms with Crippen molar-refractivity contribution in [1.29, 1.82) is 5.26 Å². The summed E-state index contributed by atoms with van der Waals surface area (Å²) in [7, 11) is 1.93. The molecule has 2 aromatic rings. The molecule has 3 nitrogen and oxygen atoms in total. The summed E-state index contributed by atoms with van der Waals surface area (Å²) in [6, 6.07) is 11.3. The molecule has 0 amide bonds. The van der Waals surface area contributed by atoms with Gasteiger partial charge in [-0.3, -0.25) is 4.79 Å². The Bertz CT molecular complexity index is 566. The number of carbonyl (C=O) groups is 1. The maximum atomic E-state index is 10.6. The second-order valence-corrected chi connectivity index (χ2v) is 4.49. The van der Waals surface area contributed by atoms with Crippen molar-refractivity contribution in [3.63, 3.8) is 0 Å². The van der Waals surface area contributed by atoms with E-state index in [9.17, 15) is 4.79 Å². The Balaban J connectivity index is 2.27. The number of rotatable bonds is 3. The Morgan fingerprint density at radius 2 is 2.00 bits per heavy atom. The predicted molar refractivity (Wildman–Crippen MR) is 68.9 cm³/mol. The largest absolute Gasteiger partial charge is 0.344 e. The van der Waals surface area contributed by atoms with Crippen molar-refractivity contribution in [2.45, 2.75) is 0 Å². The molecule has 1 heterocycles. The molecule has 84 valence electrons. The summed E-state index contributed by atoms with van der Waals surface area (Å²) < 4.78 is 0. The smallest absolute Gasteiger partial charge is 0.160 e. The number of hydrogen-bond donors (Lipinski definition) is 0. The lowest BCUT2D eigenvalue weighted by atomic mass is 10.2. The van der Waals surface area contributed by atoms with E-state index < -0.39 is 0 Å². The standard InChI is InChI=1S/C13H10N2OS/c1-15(12-6-13(8-16)17-9-12)11-4-2-10(7-14)3-5-11/h2-6,8-9H,1H3. The molecule has 0 N–H and O–H groups in total. The van der Waals surface area contributed by atoms with Crippen molar-refractivity contribution in [3.05, 3.63) is 46.2 Å². The molecule has 0 saturated carbocycles. The first-order valence-electron chi connectivity index (χ1n) is 5.02. The molecular formula is C13H10N2OS. The van der Waals surface area contributed by atoms with Gasteiger partial charge in [-0.2, -0.15) is 5.26 Å². The van der Waals surface area contributed by atoms with Gasteiger partial charge in [0, 0.05) is 18.1 Å². The van der Waals surface area contributed by atoms with Gasteiger partial charge in [-0.25, -0.2) is 0 Å². The van der Waals surface area contributed by atoms with Crippen LogP contribution in [0.1, 0.15) is 15.2 Å². The summed E-state index contributed by atoms with van der Waals surface area (Å²) in [4.78, 5) is 13.3. The number of anilines is 2. The maximum Gasteiger partial charge on any atom is 0.160 e. The quantitative estimate of drug-likeness (QED) is 0.776. The highest BCUT2D eigenvalue weighted by Crippen LogP contribution is 2.27. The zero-order chi connectivity index (χ0) is 12.3. The highest BCUT2D eigenvalue weighted by atomic mass is 32.1. The number of aldehydes is 1. The maximum absolute atomic E-state index is 10.6. The van der Waals surface area contributed by atoms with E-state index in [0.29, 0.717) is 10.4 Å². The Morgan fingerprint density at radius 3 is 2.53 bits per heavy atom. The minimum absolute atomic E-state index is 0.640. The average Bonchev–Trinajstić information content (AvgIpc) is 2.87. The topological polar surface area (TPSA) is 44.1 Å². The Labute approximate surface area is 104 Å². The normalized spacial score (nSPS) is 9.65. The van der Waals surface area contributed by atoms with Crippen LogP contribution in [0.4, 0.5) is 11.4 Å². The molecule has 0 fully saturated rings. The van der Waals surface area contributed by atoms with Gasteiger partial charge in [0.1, 0.15) is 0 Å². The number of nitriles is 1. The van der Waals surface area contributed by atoms with Crippen LogP contribution < -0.4 is 4.90 Å². The molecule has 1 aromatic carbocycles. The fourth-order valence-electron chi connectivity index (χ4n) is 1.49. The third-order valence-corrected chi connectivity index (χ3v) is 3.34. The van der Waals surface area contributed by atoms with Gasteiger partial charge in [-0.15, -0.1) is 11.3 Å². The molecule has 4 heteroatoms. The summed E-state index contributed by atoms with van der Waals surface area (Å²) in [6.45, 7) is 0. The first-order chi connectivity index (χ1) is 8.24. The highest BCUT2D eigenvalue weighted by molar-refractivity contribution is 7.12. The van der Waals surface area contributed by atoms with Gasteiger partial charge in [0.2, 0.25) is 0 Å². The van der Waals surface area contributed by atoms with Crippen LogP contribution in [0.3, 0.4) is 0 Å². The number of hydrogen-bond acceptors (Lipinski definition) is 4. The Kier molecular flexibility index (Phi) is 3.22. The summed E-state index contributed by atoms with van der Waals surface area (Å²) >= 11 is 1.42. The van der Waals surface area contributed by atoms with Crippen LogP contribution in [-0.2, 0) is 0 Å². The molecule has 17 heavy (non-hydrogen) atoms. The molecule has 0 spiro atoms.